The maximum atomic E-state index is 13.1. The van der Waals surface area contributed by atoms with E-state index in [1.807, 2.05) is 6.92 Å². The van der Waals surface area contributed by atoms with Crippen molar-refractivity contribution < 1.29 is 28.7 Å². The Morgan fingerprint density at radius 3 is 2.36 bits per heavy atom. The molecule has 0 aromatic heterocycles. The first kappa shape index (κ1) is 18.9. The van der Waals surface area contributed by atoms with Crippen LogP contribution in [0.2, 0.25) is 0 Å². The number of benzene rings is 1. The minimum Gasteiger partial charge on any atom is -0.467 e. The number of nitrogens with zero attached hydrogens (tertiary/aromatic N) is 2. The Hall–Kier alpha value is -2.39. The molecule has 3 amide bonds. The summed E-state index contributed by atoms with van der Waals surface area (Å²) >= 11 is 1.40. The lowest BCUT2D eigenvalue weighted by Gasteiger charge is -2.58. The van der Waals surface area contributed by atoms with Gasteiger partial charge in [-0.15, -0.1) is 11.8 Å². The van der Waals surface area contributed by atoms with Crippen molar-refractivity contribution in [1.29, 1.82) is 0 Å². The van der Waals surface area contributed by atoms with Crippen LogP contribution in [0.3, 0.4) is 0 Å². The monoisotopic (exact) mass is 404 g/mol. The molecule has 0 bridgehead atoms. The molecule has 0 aliphatic carbocycles. The van der Waals surface area contributed by atoms with Gasteiger partial charge < -0.3 is 14.4 Å². The maximum Gasteiger partial charge on any atom is 0.331 e. The zero-order valence-electron chi connectivity index (χ0n) is 15.7. The van der Waals surface area contributed by atoms with Crippen molar-refractivity contribution in [2.75, 3.05) is 19.5 Å². The normalized spacial score (nSPS) is 31.4. The van der Waals surface area contributed by atoms with Gasteiger partial charge in [0.2, 0.25) is 0 Å². The van der Waals surface area contributed by atoms with Crippen LogP contribution in [-0.4, -0.2) is 76.0 Å². The van der Waals surface area contributed by atoms with Gasteiger partial charge in [0.15, 0.2) is 6.04 Å². The van der Waals surface area contributed by atoms with E-state index < -0.39 is 46.7 Å². The van der Waals surface area contributed by atoms with Crippen LogP contribution < -0.4 is 0 Å². The molecular formula is C19H20N2O6S. The van der Waals surface area contributed by atoms with Crippen LogP contribution in [0.15, 0.2) is 24.3 Å². The van der Waals surface area contributed by atoms with E-state index in [2.05, 4.69) is 0 Å². The molecule has 1 aromatic carbocycles. The van der Waals surface area contributed by atoms with Crippen molar-refractivity contribution in [3.63, 3.8) is 0 Å². The van der Waals surface area contributed by atoms with Gasteiger partial charge >= 0.3 is 5.97 Å². The average Bonchev–Trinajstić information content (AvgIpc) is 2.93. The number of esters is 1. The van der Waals surface area contributed by atoms with Gasteiger partial charge in [-0.1, -0.05) is 12.1 Å². The molecule has 3 aliphatic rings. The quantitative estimate of drug-likeness (QED) is 0.418. The Balaban J connectivity index is 1.65. The Kier molecular flexibility index (Phi) is 4.46. The largest absolute Gasteiger partial charge is 0.467 e. The Labute approximate surface area is 166 Å². The zero-order chi connectivity index (χ0) is 20.2. The summed E-state index contributed by atoms with van der Waals surface area (Å²) < 4.78 is 10.7. The third-order valence-corrected chi connectivity index (χ3v) is 7.02. The molecule has 9 heteroatoms. The summed E-state index contributed by atoms with van der Waals surface area (Å²) in [6.45, 7) is 3.96. The third-order valence-electron chi connectivity index (χ3n) is 5.45. The fourth-order valence-electron chi connectivity index (χ4n) is 4.16. The predicted molar refractivity (Wildman–Crippen MR) is 99.7 cm³/mol. The van der Waals surface area contributed by atoms with Crippen LogP contribution in [0.4, 0.5) is 0 Å². The second-order valence-electron chi connectivity index (χ2n) is 7.09. The molecule has 8 nitrogen and oxygen atoms in total. The molecule has 0 saturated carbocycles. The Morgan fingerprint density at radius 1 is 1.21 bits per heavy atom. The SMILES string of the molecule is CCO[C@]1(C)CS[C@@H]2[C@H](N3C(=O)c4ccccc4C3=O)C(=O)N2[C@H]1C(=O)OC. The minimum absolute atomic E-state index is 0.295. The second kappa shape index (κ2) is 6.59. The van der Waals surface area contributed by atoms with Gasteiger partial charge in [-0.25, -0.2) is 4.79 Å². The summed E-state index contributed by atoms with van der Waals surface area (Å²) in [6, 6.07) is 4.65. The van der Waals surface area contributed by atoms with Crippen molar-refractivity contribution in [3.05, 3.63) is 35.4 Å². The third kappa shape index (κ3) is 2.42. The number of β-lactam (4-membered cyclic amide) rings is 1. The fourth-order valence-corrected chi connectivity index (χ4v) is 5.71. The number of imide groups is 1. The molecular weight excluding hydrogens is 384 g/mol. The van der Waals surface area contributed by atoms with Crippen molar-refractivity contribution in [1.82, 2.24) is 9.80 Å². The van der Waals surface area contributed by atoms with E-state index in [9.17, 15) is 19.2 Å². The zero-order valence-corrected chi connectivity index (χ0v) is 16.5. The van der Waals surface area contributed by atoms with Gasteiger partial charge in [0, 0.05) is 12.4 Å². The Bertz CT molecular complexity index is 854. The lowest BCUT2D eigenvalue weighted by atomic mass is 9.90. The first-order valence-corrected chi connectivity index (χ1v) is 10.0. The number of ether oxygens (including phenoxy) is 2. The van der Waals surface area contributed by atoms with Gasteiger partial charge in [0.1, 0.15) is 17.0 Å². The van der Waals surface area contributed by atoms with Gasteiger partial charge in [0.05, 0.1) is 18.2 Å². The molecule has 3 aliphatic heterocycles. The summed E-state index contributed by atoms with van der Waals surface area (Å²) in [4.78, 5) is 53.5. The van der Waals surface area contributed by atoms with Gasteiger partial charge in [-0.05, 0) is 26.0 Å². The molecule has 1 aromatic rings. The molecule has 0 spiro atoms. The maximum absolute atomic E-state index is 13.1. The van der Waals surface area contributed by atoms with Crippen LogP contribution in [0.1, 0.15) is 34.6 Å². The van der Waals surface area contributed by atoms with Gasteiger partial charge in [-0.3, -0.25) is 19.3 Å². The van der Waals surface area contributed by atoms with Crippen molar-refractivity contribution in [2.24, 2.45) is 0 Å². The number of methoxy groups -OCH3 is 1. The summed E-state index contributed by atoms with van der Waals surface area (Å²) in [5.74, 6) is -1.56. The molecule has 0 N–H and O–H groups in total. The molecule has 2 fully saturated rings. The molecule has 0 unspecified atom stereocenters. The number of amides is 3. The summed E-state index contributed by atoms with van der Waals surface area (Å²) in [7, 11) is 1.26. The van der Waals surface area contributed by atoms with E-state index in [0.29, 0.717) is 23.5 Å². The van der Waals surface area contributed by atoms with Crippen LogP contribution in [0.5, 0.6) is 0 Å². The van der Waals surface area contributed by atoms with E-state index in [-0.39, 0.29) is 0 Å². The van der Waals surface area contributed by atoms with E-state index in [0.717, 1.165) is 4.90 Å². The lowest BCUT2D eigenvalue weighted by molar-refractivity contribution is -0.183. The topological polar surface area (TPSA) is 93.2 Å². The van der Waals surface area contributed by atoms with E-state index in [1.54, 1.807) is 31.2 Å². The van der Waals surface area contributed by atoms with Crippen LogP contribution in [-0.2, 0) is 19.1 Å². The van der Waals surface area contributed by atoms with E-state index in [4.69, 9.17) is 9.47 Å². The number of thioether (sulfide) groups is 1. The highest BCUT2D eigenvalue weighted by atomic mass is 32.2. The molecule has 28 heavy (non-hydrogen) atoms. The standard InChI is InChI=1S/C19H20N2O6S/c1-4-27-19(2)9-28-17-12(16(24)21(17)13(19)18(25)26-3)20-14(22)10-7-5-6-8-11(10)15(20)23/h5-8,12-13,17H,4,9H2,1-3H3/t12-,13+,17-,19-/m1/s1. The van der Waals surface area contributed by atoms with Crippen molar-refractivity contribution in [3.8, 4) is 0 Å². The summed E-state index contributed by atoms with van der Waals surface area (Å²) in [6.07, 6.45) is 0. The Morgan fingerprint density at radius 2 is 1.82 bits per heavy atom. The van der Waals surface area contributed by atoms with Crippen LogP contribution in [0.25, 0.3) is 0 Å². The highest BCUT2D eigenvalue weighted by molar-refractivity contribution is 8.00. The number of fused-ring (bicyclic) bond motifs is 2. The minimum atomic E-state index is -0.935. The summed E-state index contributed by atoms with van der Waals surface area (Å²) in [5, 5.41) is -0.507. The summed E-state index contributed by atoms with van der Waals surface area (Å²) in [5.41, 5.74) is -0.322. The molecule has 4 atom stereocenters. The van der Waals surface area contributed by atoms with E-state index >= 15 is 0 Å². The number of carbonyl (C=O) groups is 4. The molecule has 2 saturated heterocycles. The van der Waals surface area contributed by atoms with E-state index in [1.165, 1.54) is 23.8 Å². The number of rotatable bonds is 4. The lowest BCUT2D eigenvalue weighted by Crippen LogP contribution is -2.79. The first-order chi connectivity index (χ1) is 13.4. The highest BCUT2D eigenvalue weighted by Crippen LogP contribution is 2.47. The first-order valence-electron chi connectivity index (χ1n) is 8.98. The number of hydrogen-bond donors (Lipinski definition) is 0. The van der Waals surface area contributed by atoms with Crippen LogP contribution >= 0.6 is 11.8 Å². The highest BCUT2D eigenvalue weighted by Gasteiger charge is 2.65. The smallest absolute Gasteiger partial charge is 0.331 e. The fraction of sp³-hybridized carbons (Fsp3) is 0.474. The molecule has 4 rings (SSSR count). The predicted octanol–water partition coefficient (Wildman–Crippen LogP) is 0.903. The molecule has 0 radical (unpaired) electrons. The average molecular weight is 404 g/mol. The van der Waals surface area contributed by atoms with Crippen LogP contribution in [0, 0.1) is 0 Å². The van der Waals surface area contributed by atoms with Gasteiger partial charge in [0.25, 0.3) is 17.7 Å². The molecule has 148 valence electrons. The van der Waals surface area contributed by atoms with Crippen molar-refractivity contribution in [2.45, 2.75) is 36.9 Å². The number of carbonyl (C=O) groups excluding carboxylic acids is 4. The number of hydrogen-bond acceptors (Lipinski definition) is 7. The molecule has 3 heterocycles. The second-order valence-corrected chi connectivity index (χ2v) is 8.19. The van der Waals surface area contributed by atoms with Crippen molar-refractivity contribution >= 4 is 35.5 Å². The van der Waals surface area contributed by atoms with Gasteiger partial charge in [-0.2, -0.15) is 0 Å².